The second-order valence-electron chi connectivity index (χ2n) is 2.38. The summed E-state index contributed by atoms with van der Waals surface area (Å²) in [6.45, 7) is 0. The average Bonchev–Trinajstić information content (AvgIpc) is 2.02. The van der Waals surface area contributed by atoms with Crippen LogP contribution >= 0.6 is 27.5 Å². The molecule has 0 atom stereocenters. The number of nitrogens with zero attached hydrogens (tertiary/aromatic N) is 1. The second kappa shape index (κ2) is 4.18. The molecular formula is C7H4BrClF2N2O. The van der Waals surface area contributed by atoms with Gasteiger partial charge in [0.25, 0.3) is 11.7 Å². The number of hydrogen-bond acceptors (Lipinski definition) is 3. The third-order valence-corrected chi connectivity index (χ3v) is 2.29. The molecule has 0 aliphatic rings. The summed E-state index contributed by atoms with van der Waals surface area (Å²) in [4.78, 5) is 14.3. The zero-order chi connectivity index (χ0) is 10.9. The van der Waals surface area contributed by atoms with E-state index in [4.69, 9.17) is 17.3 Å². The Morgan fingerprint density at radius 1 is 1.64 bits per heavy atom. The van der Waals surface area contributed by atoms with Crippen LogP contribution in [-0.4, -0.2) is 10.2 Å². The molecule has 0 saturated carbocycles. The van der Waals surface area contributed by atoms with Gasteiger partial charge in [0.1, 0.15) is 10.4 Å². The number of carbonyl (C=O) groups is 1. The average molecular weight is 285 g/mol. The predicted molar refractivity (Wildman–Crippen MR) is 51.5 cm³/mol. The number of alkyl halides is 2. The van der Waals surface area contributed by atoms with Crippen LogP contribution < -0.4 is 5.73 Å². The predicted octanol–water partition coefficient (Wildman–Crippen LogP) is 2.74. The zero-order valence-corrected chi connectivity index (χ0v) is 8.94. The van der Waals surface area contributed by atoms with Gasteiger partial charge < -0.3 is 5.73 Å². The summed E-state index contributed by atoms with van der Waals surface area (Å²) < 4.78 is 24.7. The molecule has 0 bridgehead atoms. The second-order valence-corrected chi connectivity index (χ2v) is 3.47. The molecule has 0 amide bonds. The lowest BCUT2D eigenvalue weighted by molar-refractivity contribution is 0.107. The Labute approximate surface area is 91.4 Å². The monoisotopic (exact) mass is 284 g/mol. The fourth-order valence-corrected chi connectivity index (χ4v) is 1.58. The van der Waals surface area contributed by atoms with E-state index in [1.165, 1.54) is 0 Å². The van der Waals surface area contributed by atoms with Crippen LogP contribution in [0.25, 0.3) is 0 Å². The van der Waals surface area contributed by atoms with E-state index in [9.17, 15) is 13.6 Å². The number of halogens is 4. The molecule has 1 aromatic rings. The number of anilines is 1. The van der Waals surface area contributed by atoms with E-state index in [-0.39, 0.29) is 16.0 Å². The van der Waals surface area contributed by atoms with Gasteiger partial charge in [0, 0.05) is 0 Å². The van der Waals surface area contributed by atoms with Crippen molar-refractivity contribution in [3.05, 3.63) is 21.8 Å². The van der Waals surface area contributed by atoms with E-state index in [2.05, 4.69) is 20.9 Å². The van der Waals surface area contributed by atoms with Crippen molar-refractivity contribution >= 4 is 38.6 Å². The van der Waals surface area contributed by atoms with Gasteiger partial charge in [0.15, 0.2) is 0 Å². The molecule has 7 heteroatoms. The van der Waals surface area contributed by atoms with Crippen LogP contribution in [0, 0.1) is 0 Å². The van der Waals surface area contributed by atoms with Crippen LogP contribution in [0.2, 0.25) is 0 Å². The van der Waals surface area contributed by atoms with Crippen LogP contribution in [0.1, 0.15) is 22.3 Å². The molecule has 0 aromatic carbocycles. The Morgan fingerprint density at radius 2 is 2.21 bits per heavy atom. The smallest absolute Gasteiger partial charge is 0.267 e. The maximum absolute atomic E-state index is 12.3. The highest BCUT2D eigenvalue weighted by Crippen LogP contribution is 2.28. The van der Waals surface area contributed by atoms with Crippen molar-refractivity contribution in [1.29, 1.82) is 0 Å². The molecule has 0 saturated heterocycles. The topological polar surface area (TPSA) is 56.0 Å². The van der Waals surface area contributed by atoms with Crippen molar-refractivity contribution in [2.75, 3.05) is 5.73 Å². The highest BCUT2D eigenvalue weighted by atomic mass is 79.9. The van der Waals surface area contributed by atoms with Crippen molar-refractivity contribution < 1.29 is 13.6 Å². The summed E-state index contributed by atoms with van der Waals surface area (Å²) in [6.07, 6.45) is -2.79. The van der Waals surface area contributed by atoms with Gasteiger partial charge in [-0.05, 0) is 33.6 Å². The lowest BCUT2D eigenvalue weighted by Crippen LogP contribution is -2.03. The summed E-state index contributed by atoms with van der Waals surface area (Å²) in [7, 11) is 0. The maximum Gasteiger partial charge on any atom is 0.267 e. The highest BCUT2D eigenvalue weighted by Gasteiger charge is 2.18. The molecule has 1 rings (SSSR count). The molecule has 0 unspecified atom stereocenters. The lowest BCUT2D eigenvalue weighted by atomic mass is 10.2. The van der Waals surface area contributed by atoms with Crippen LogP contribution in [0.5, 0.6) is 0 Å². The molecule has 0 aliphatic heterocycles. The van der Waals surface area contributed by atoms with Gasteiger partial charge in [-0.3, -0.25) is 4.79 Å². The summed E-state index contributed by atoms with van der Waals surface area (Å²) in [5.41, 5.74) is 4.58. The van der Waals surface area contributed by atoms with Gasteiger partial charge in [-0.1, -0.05) is 0 Å². The van der Waals surface area contributed by atoms with Crippen molar-refractivity contribution in [3.63, 3.8) is 0 Å². The Hall–Kier alpha value is -0.750. The zero-order valence-electron chi connectivity index (χ0n) is 6.60. The van der Waals surface area contributed by atoms with Crippen LogP contribution in [0.3, 0.4) is 0 Å². The molecule has 0 fully saturated rings. The number of pyridine rings is 1. The number of hydrogen-bond donors (Lipinski definition) is 1. The molecule has 2 N–H and O–H groups in total. The molecule has 1 aromatic heterocycles. The number of carbonyl (C=O) groups excluding carboxylic acids is 1. The van der Waals surface area contributed by atoms with Crippen molar-refractivity contribution in [2.24, 2.45) is 0 Å². The molecule has 14 heavy (non-hydrogen) atoms. The SMILES string of the molecule is Nc1nc(Br)c(C(=O)Cl)cc1C(F)F. The van der Waals surface area contributed by atoms with E-state index in [0.29, 0.717) is 0 Å². The molecule has 0 radical (unpaired) electrons. The fraction of sp³-hybridized carbons (Fsp3) is 0.143. The Bertz CT molecular complexity index is 386. The molecule has 3 nitrogen and oxygen atoms in total. The van der Waals surface area contributed by atoms with Gasteiger partial charge in [0.05, 0.1) is 11.1 Å². The molecular weight excluding hydrogens is 281 g/mol. The summed E-state index contributed by atoms with van der Waals surface area (Å²) in [5, 5.41) is -0.869. The number of nitrogens with two attached hydrogens (primary N) is 1. The lowest BCUT2D eigenvalue weighted by Gasteiger charge is -2.06. The van der Waals surface area contributed by atoms with Gasteiger partial charge in [0.2, 0.25) is 0 Å². The van der Waals surface area contributed by atoms with Gasteiger partial charge in [-0.15, -0.1) is 0 Å². The summed E-state index contributed by atoms with van der Waals surface area (Å²) >= 11 is 8.03. The quantitative estimate of drug-likeness (QED) is 0.671. The first kappa shape index (κ1) is 11.3. The number of rotatable bonds is 2. The third-order valence-electron chi connectivity index (χ3n) is 1.48. The molecule has 1 heterocycles. The molecule has 0 aliphatic carbocycles. The number of nitrogen functional groups attached to an aromatic ring is 1. The first-order valence-electron chi connectivity index (χ1n) is 3.37. The molecule has 0 spiro atoms. The fourth-order valence-electron chi connectivity index (χ4n) is 0.832. The van der Waals surface area contributed by atoms with Crippen molar-refractivity contribution in [2.45, 2.75) is 6.43 Å². The van der Waals surface area contributed by atoms with E-state index < -0.39 is 17.2 Å². The Balaban J connectivity index is 3.34. The first-order valence-corrected chi connectivity index (χ1v) is 4.54. The highest BCUT2D eigenvalue weighted by molar-refractivity contribution is 9.10. The van der Waals surface area contributed by atoms with Crippen molar-refractivity contribution in [1.82, 2.24) is 4.98 Å². The minimum absolute atomic E-state index is 0.0550. The van der Waals surface area contributed by atoms with Gasteiger partial charge >= 0.3 is 0 Å². The number of aromatic nitrogens is 1. The normalized spacial score (nSPS) is 10.6. The van der Waals surface area contributed by atoms with Gasteiger partial charge in [-0.2, -0.15) is 0 Å². The van der Waals surface area contributed by atoms with E-state index >= 15 is 0 Å². The van der Waals surface area contributed by atoms with Crippen LogP contribution in [0.4, 0.5) is 14.6 Å². The largest absolute Gasteiger partial charge is 0.383 e. The minimum Gasteiger partial charge on any atom is -0.383 e. The van der Waals surface area contributed by atoms with E-state index in [1.54, 1.807) is 0 Å². The maximum atomic E-state index is 12.3. The van der Waals surface area contributed by atoms with Gasteiger partial charge in [-0.25, -0.2) is 13.8 Å². The Morgan fingerprint density at radius 3 is 2.64 bits per heavy atom. The summed E-state index contributed by atoms with van der Waals surface area (Å²) in [5.74, 6) is -0.325. The van der Waals surface area contributed by atoms with E-state index in [0.717, 1.165) is 6.07 Å². The van der Waals surface area contributed by atoms with Crippen LogP contribution in [0.15, 0.2) is 10.7 Å². The minimum atomic E-state index is -2.79. The standard InChI is InChI=1S/C7H4BrClF2N2O/c8-4-2(5(9)14)1-3(6(10)11)7(12)13-4/h1,6H,(H2,12,13). The van der Waals surface area contributed by atoms with Crippen molar-refractivity contribution in [3.8, 4) is 0 Å². The third kappa shape index (κ3) is 2.19. The first-order chi connectivity index (χ1) is 6.43. The summed E-state index contributed by atoms with van der Waals surface area (Å²) in [6, 6.07) is 0.923. The van der Waals surface area contributed by atoms with Crippen LogP contribution in [-0.2, 0) is 0 Å². The molecule has 76 valence electrons. The van der Waals surface area contributed by atoms with E-state index in [1.807, 2.05) is 0 Å². The Kier molecular flexibility index (Phi) is 3.38.